The second-order valence-electron chi connectivity index (χ2n) is 26.3. The number of nitrogens with zero attached hydrogens (tertiary/aromatic N) is 10. The van der Waals surface area contributed by atoms with Crippen molar-refractivity contribution in [1.29, 1.82) is 0 Å². The Morgan fingerprint density at radius 1 is 0.976 bits per heavy atom. The number of benzene rings is 2. The normalized spacial score (nSPS) is 25.1. The maximum Gasteiger partial charge on any atom is 0.419 e. The Bertz CT molecular complexity index is 3040. The minimum Gasteiger partial charge on any atom is -0.465 e. The van der Waals surface area contributed by atoms with Gasteiger partial charge in [-0.15, -0.1) is 0 Å². The Kier molecular flexibility index (Phi) is 18.0. The van der Waals surface area contributed by atoms with E-state index in [-0.39, 0.29) is 76.9 Å². The first-order chi connectivity index (χ1) is 38.9. The minimum atomic E-state index is -0.685. The molecule has 17 nitrogen and oxygen atoms in total. The molecule has 4 saturated heterocycles. The van der Waals surface area contributed by atoms with Crippen LogP contribution in [0.3, 0.4) is 0 Å². The van der Waals surface area contributed by atoms with Crippen LogP contribution in [0.5, 0.6) is 0 Å². The lowest BCUT2D eigenvalue weighted by molar-refractivity contribution is -0.905. The molecule has 444 valence electrons. The molecule has 0 aliphatic carbocycles. The summed E-state index contributed by atoms with van der Waals surface area (Å²) in [5.74, 6) is -1.30. The molecule has 5 aliphatic rings. The number of methoxy groups -OCH3 is 1. The number of aryl methyl sites for hydroxylation is 1. The summed E-state index contributed by atoms with van der Waals surface area (Å²) < 4.78 is 14.9. The van der Waals surface area contributed by atoms with E-state index in [1.165, 1.54) is 11.6 Å². The van der Waals surface area contributed by atoms with Crippen LogP contribution in [0, 0.1) is 29.1 Å². The molecule has 5 amide bonds. The highest BCUT2D eigenvalue weighted by Gasteiger charge is 2.65. The van der Waals surface area contributed by atoms with Gasteiger partial charge in [0.2, 0.25) is 5.91 Å². The number of rotatable bonds is 15. The number of amides is 5. The predicted molar refractivity (Wildman–Crippen MR) is 321 cm³/mol. The highest BCUT2D eigenvalue weighted by Crippen LogP contribution is 2.45. The van der Waals surface area contributed by atoms with Gasteiger partial charge in [0.1, 0.15) is 5.92 Å². The Balaban J connectivity index is 1.01. The summed E-state index contributed by atoms with van der Waals surface area (Å²) in [4.78, 5) is 87.6. The summed E-state index contributed by atoms with van der Waals surface area (Å²) in [6.45, 7) is 25.9. The van der Waals surface area contributed by atoms with Gasteiger partial charge in [0.15, 0.2) is 18.6 Å². The van der Waals surface area contributed by atoms with Crippen molar-refractivity contribution in [2.75, 3.05) is 114 Å². The van der Waals surface area contributed by atoms with E-state index in [9.17, 15) is 9.59 Å². The molecule has 4 aromatic rings. The molecule has 0 spiro atoms. The molecule has 8 atom stereocenters. The molecule has 17 heteroatoms. The van der Waals surface area contributed by atoms with Gasteiger partial charge >= 0.3 is 12.0 Å². The largest absolute Gasteiger partial charge is 0.465 e. The fourth-order valence-electron chi connectivity index (χ4n) is 14.3. The second-order valence-corrected chi connectivity index (χ2v) is 26.3. The molecule has 4 fully saturated rings. The SMILES string of the molecule is C=CC(=O)N(C)CCN1CCN(C(=O)[N+](C)(C)[C@H](C(=O)N(C)CC[C@H]2Cc3cccc(c3)-c3ccc4c(c3)c(c(-c3cccnc3[C@H](C)OC)n4CC)CC(C)(C)COC(=O)[C@@H]3CCCN(C2=O)[N+]2(C)CC32)C(C)C)C[C@@H](C)C1N1CC1. The van der Waals surface area contributed by atoms with Crippen LogP contribution in [0.4, 0.5) is 4.79 Å². The third-order valence-corrected chi connectivity index (χ3v) is 19.0. The molecule has 0 N–H and O–H groups in total. The molecule has 0 saturated carbocycles. The lowest BCUT2D eigenvalue weighted by atomic mass is 9.84. The van der Waals surface area contributed by atoms with Crippen molar-refractivity contribution in [2.45, 2.75) is 111 Å². The van der Waals surface area contributed by atoms with Gasteiger partial charge < -0.3 is 23.8 Å². The molecular formula is C65H94N10O7+2. The summed E-state index contributed by atoms with van der Waals surface area (Å²) in [7, 11) is 11.2. The zero-order valence-electron chi connectivity index (χ0n) is 51.5. The highest BCUT2D eigenvalue weighted by molar-refractivity contribution is 5.95. The van der Waals surface area contributed by atoms with Gasteiger partial charge in [0, 0.05) is 126 Å². The molecule has 3 unspecified atom stereocenters. The van der Waals surface area contributed by atoms with Crippen LogP contribution in [-0.2, 0) is 48.0 Å². The van der Waals surface area contributed by atoms with Crippen LogP contribution >= 0.6 is 0 Å². The van der Waals surface area contributed by atoms with Gasteiger partial charge in [0.25, 0.3) is 11.8 Å². The number of pyridine rings is 1. The molecule has 2 aromatic heterocycles. The highest BCUT2D eigenvalue weighted by atomic mass is 16.5. The summed E-state index contributed by atoms with van der Waals surface area (Å²) in [6.07, 6.45) is 5.88. The molecule has 6 bridgehead atoms. The Morgan fingerprint density at radius 2 is 1.72 bits per heavy atom. The summed E-state index contributed by atoms with van der Waals surface area (Å²) >= 11 is 0. The van der Waals surface area contributed by atoms with E-state index >= 15 is 14.4 Å². The van der Waals surface area contributed by atoms with Crippen LogP contribution in [0.25, 0.3) is 33.3 Å². The zero-order valence-corrected chi connectivity index (χ0v) is 51.5. The van der Waals surface area contributed by atoms with Crippen LogP contribution in [0.15, 0.2) is 73.4 Å². The smallest absolute Gasteiger partial charge is 0.419 e. The Hall–Kier alpha value is -5.98. The number of fused-ring (bicyclic) bond motifs is 4. The first-order valence-electron chi connectivity index (χ1n) is 30.2. The number of esters is 1. The number of carbonyl (C=O) groups is 5. The molecule has 2 aromatic carbocycles. The number of ether oxygens (including phenoxy) is 2. The predicted octanol–water partition coefficient (Wildman–Crippen LogP) is 7.97. The van der Waals surface area contributed by atoms with Crippen LogP contribution < -0.4 is 0 Å². The second kappa shape index (κ2) is 24.3. The van der Waals surface area contributed by atoms with Crippen molar-refractivity contribution in [3.8, 4) is 22.4 Å². The molecule has 9 rings (SSSR count). The van der Waals surface area contributed by atoms with Crippen molar-refractivity contribution in [1.82, 2.24) is 39.1 Å². The lowest BCUT2D eigenvalue weighted by Gasteiger charge is -2.41. The Morgan fingerprint density at radius 3 is 2.41 bits per heavy atom. The molecule has 7 heterocycles. The first kappa shape index (κ1) is 60.6. The average Bonchev–Trinajstić information content (AvgIpc) is 2.17. The third kappa shape index (κ3) is 12.2. The van der Waals surface area contributed by atoms with Crippen molar-refractivity contribution in [3.63, 3.8) is 0 Å². The van der Waals surface area contributed by atoms with Crippen LogP contribution in [0.1, 0.15) is 90.7 Å². The maximum absolute atomic E-state index is 15.5. The maximum atomic E-state index is 15.5. The van der Waals surface area contributed by atoms with Gasteiger partial charge in [-0.3, -0.25) is 38.9 Å². The average molecular weight is 1130 g/mol. The number of urea groups is 1. The number of likely N-dealkylation sites (N-methyl/N-ethyl adjacent to an activating group) is 4. The van der Waals surface area contributed by atoms with Crippen LogP contribution in [0.2, 0.25) is 0 Å². The molecule has 5 aliphatic heterocycles. The monoisotopic (exact) mass is 1130 g/mol. The Labute approximate surface area is 487 Å². The molecular weight excluding hydrogens is 1030 g/mol. The van der Waals surface area contributed by atoms with E-state index in [1.807, 2.05) is 64.1 Å². The van der Waals surface area contributed by atoms with E-state index in [0.717, 1.165) is 64.2 Å². The number of aromatic nitrogens is 2. The number of carbonyl (C=O) groups excluding carboxylic acids is 5. The molecule has 0 radical (unpaired) electrons. The zero-order chi connectivity index (χ0) is 59.2. The van der Waals surface area contributed by atoms with Gasteiger partial charge in [-0.05, 0) is 98.5 Å². The quantitative estimate of drug-likeness (QED) is 0.0499. The standard InChI is InChI=1S/C65H94N10O7/c1-15-56(76)67(9)30-31-69-34-35-71(40-44(5)60(69)70-32-33-70)64(80)74(11,12)59(43(3)4)62(78)68(10)29-26-49-37-46-20-17-21-47(36-46)48-24-25-54-52(38-48)53(58(72(54)16-2)51-22-18-27-66-57(51)45(6)81-14)39-65(7,8)42-82-63(79)50-23-19-28-73(61(49)77)75(13)41-55(50)75/h15,17-18,20-22,24-25,27,36,38,43-45,49-50,55,59-60H,1,16,19,23,26,28-35,37,39-42H2,2-14H3/q+2/t44-,45+,49+,50-,55?,59+,60?,75?/m1/s1. The summed E-state index contributed by atoms with van der Waals surface area (Å²) in [5.41, 5.74) is 7.93. The third-order valence-electron chi connectivity index (χ3n) is 19.0. The van der Waals surface area contributed by atoms with Gasteiger partial charge in [-0.1, -0.05) is 71.5 Å². The van der Waals surface area contributed by atoms with Gasteiger partial charge in [-0.25, -0.2) is 13.9 Å². The van der Waals surface area contributed by atoms with Crippen molar-refractivity contribution < 1.29 is 42.5 Å². The number of cyclic esters (lactones) is 1. The van der Waals surface area contributed by atoms with Gasteiger partial charge in [-0.2, -0.15) is 5.01 Å². The number of quaternary nitrogens is 2. The fraction of sp³-hybridized carbons (Fsp3) is 0.600. The summed E-state index contributed by atoms with van der Waals surface area (Å²) in [5, 5.41) is 3.14. The van der Waals surface area contributed by atoms with Gasteiger partial charge in [0.05, 0.1) is 58.0 Å². The first-order valence-corrected chi connectivity index (χ1v) is 30.2. The van der Waals surface area contributed by atoms with Crippen molar-refractivity contribution >= 4 is 40.6 Å². The van der Waals surface area contributed by atoms with Crippen LogP contribution in [-0.4, -0.2) is 211 Å². The van der Waals surface area contributed by atoms with E-state index in [0.29, 0.717) is 89.1 Å². The van der Waals surface area contributed by atoms with E-state index in [1.54, 1.807) is 24.0 Å². The topological polar surface area (TPSA) is 141 Å². The van der Waals surface area contributed by atoms with Crippen molar-refractivity contribution in [2.24, 2.45) is 29.1 Å². The van der Waals surface area contributed by atoms with E-state index < -0.39 is 17.4 Å². The van der Waals surface area contributed by atoms with E-state index in [2.05, 4.69) is 104 Å². The molecule has 82 heavy (non-hydrogen) atoms. The summed E-state index contributed by atoms with van der Waals surface area (Å²) in [6, 6.07) is 18.6. The van der Waals surface area contributed by atoms with Crippen molar-refractivity contribution in [3.05, 3.63) is 90.3 Å². The fourth-order valence-corrected chi connectivity index (χ4v) is 14.3. The number of hydrogen-bond donors (Lipinski definition) is 0. The van der Waals surface area contributed by atoms with E-state index in [4.69, 9.17) is 14.5 Å². The number of hydrogen-bond acceptors (Lipinski definition) is 10. The minimum absolute atomic E-state index is 0.0252. The lowest BCUT2D eigenvalue weighted by Crippen LogP contribution is -2.65.